The fourth-order valence-electron chi connectivity index (χ4n) is 3.51. The second-order valence-electron chi connectivity index (χ2n) is 7.58. The van der Waals surface area contributed by atoms with Gasteiger partial charge in [-0.25, -0.2) is 8.42 Å². The van der Waals surface area contributed by atoms with Gasteiger partial charge in [0.15, 0.2) is 9.84 Å². The second-order valence-corrected chi connectivity index (χ2v) is 10.0. The third kappa shape index (κ3) is 4.61. The molecular weight excluding hydrogens is 444 g/mol. The van der Waals surface area contributed by atoms with Crippen LogP contribution in [-0.2, 0) is 9.84 Å². The maximum absolute atomic E-state index is 13.2. The molecule has 0 radical (unpaired) electrons. The third-order valence-electron chi connectivity index (χ3n) is 5.11. The van der Waals surface area contributed by atoms with E-state index in [0.29, 0.717) is 21.8 Å². The van der Waals surface area contributed by atoms with E-state index in [0.717, 1.165) is 28.6 Å². The maximum atomic E-state index is 13.2. The van der Waals surface area contributed by atoms with Gasteiger partial charge in [-0.2, -0.15) is 0 Å². The van der Waals surface area contributed by atoms with Crippen LogP contribution in [0, 0.1) is 6.92 Å². The Morgan fingerprint density at radius 2 is 1.75 bits per heavy atom. The average molecular weight is 465 g/mol. The highest BCUT2D eigenvalue weighted by molar-refractivity contribution is 7.90. The van der Waals surface area contributed by atoms with Crippen LogP contribution in [0.5, 0.6) is 0 Å². The van der Waals surface area contributed by atoms with E-state index in [1.807, 2.05) is 43.3 Å². The number of nitrogens with one attached hydrogen (secondary N) is 2. The molecule has 0 unspecified atom stereocenters. The van der Waals surface area contributed by atoms with Crippen LogP contribution in [0.1, 0.15) is 15.9 Å². The number of anilines is 1. The van der Waals surface area contributed by atoms with Gasteiger partial charge in [-0.15, -0.1) is 0 Å². The molecule has 32 heavy (non-hydrogen) atoms. The molecule has 0 saturated heterocycles. The molecule has 0 saturated carbocycles. The molecule has 0 aliphatic carbocycles. The van der Waals surface area contributed by atoms with Gasteiger partial charge in [0, 0.05) is 35.0 Å². The molecule has 4 rings (SSSR count). The van der Waals surface area contributed by atoms with Crippen molar-refractivity contribution >= 4 is 33.0 Å². The van der Waals surface area contributed by atoms with Crippen LogP contribution in [0.3, 0.4) is 0 Å². The Hall–Kier alpha value is -3.35. The van der Waals surface area contributed by atoms with Gasteiger partial charge in [0.2, 0.25) is 0 Å². The lowest BCUT2D eigenvalue weighted by atomic mass is 9.97. The van der Waals surface area contributed by atoms with E-state index in [2.05, 4.69) is 10.3 Å². The van der Waals surface area contributed by atoms with Gasteiger partial charge in [0.25, 0.3) is 5.91 Å². The summed E-state index contributed by atoms with van der Waals surface area (Å²) in [4.78, 5) is 16.5. The van der Waals surface area contributed by atoms with Crippen molar-refractivity contribution in [3.05, 3.63) is 95.1 Å². The molecule has 5 nitrogen and oxygen atoms in total. The van der Waals surface area contributed by atoms with E-state index < -0.39 is 9.84 Å². The lowest BCUT2D eigenvalue weighted by molar-refractivity contribution is 0.102. The number of carbonyl (C=O) groups is 1. The van der Waals surface area contributed by atoms with Crippen LogP contribution in [0.25, 0.3) is 22.4 Å². The third-order valence-corrected chi connectivity index (χ3v) is 6.55. The Bertz CT molecular complexity index is 1410. The molecule has 1 amide bonds. The topological polar surface area (TPSA) is 79.0 Å². The average Bonchev–Trinajstić information content (AvgIpc) is 3.28. The smallest absolute Gasteiger partial charge is 0.256 e. The quantitative estimate of drug-likeness (QED) is 0.382. The zero-order valence-corrected chi connectivity index (χ0v) is 19.1. The van der Waals surface area contributed by atoms with E-state index in [4.69, 9.17) is 11.6 Å². The zero-order valence-electron chi connectivity index (χ0n) is 17.5. The molecule has 0 spiro atoms. The maximum Gasteiger partial charge on any atom is 0.256 e. The summed E-state index contributed by atoms with van der Waals surface area (Å²) in [6.07, 6.45) is 2.95. The molecule has 162 valence electrons. The first-order valence-corrected chi connectivity index (χ1v) is 12.1. The van der Waals surface area contributed by atoms with Gasteiger partial charge >= 0.3 is 0 Å². The number of carbonyl (C=O) groups excluding carboxylic acids is 1. The summed E-state index contributed by atoms with van der Waals surface area (Å²) in [5.41, 5.74) is 4.87. The van der Waals surface area contributed by atoms with Gasteiger partial charge in [-0.1, -0.05) is 41.4 Å². The van der Waals surface area contributed by atoms with Crippen molar-refractivity contribution in [1.82, 2.24) is 4.98 Å². The number of hydrogen-bond acceptors (Lipinski definition) is 3. The largest absolute Gasteiger partial charge is 0.361 e. The Morgan fingerprint density at radius 3 is 2.44 bits per heavy atom. The van der Waals surface area contributed by atoms with E-state index in [9.17, 15) is 13.2 Å². The summed E-state index contributed by atoms with van der Waals surface area (Å²) < 4.78 is 24.2. The van der Waals surface area contributed by atoms with Crippen LogP contribution < -0.4 is 5.32 Å². The highest BCUT2D eigenvalue weighted by Crippen LogP contribution is 2.31. The summed E-state index contributed by atoms with van der Waals surface area (Å²) in [5, 5.41) is 3.47. The van der Waals surface area contributed by atoms with E-state index >= 15 is 0 Å². The fourth-order valence-corrected chi connectivity index (χ4v) is 4.38. The summed E-state index contributed by atoms with van der Waals surface area (Å²) in [5.74, 6) is -0.346. The van der Waals surface area contributed by atoms with Gasteiger partial charge in [-0.05, 0) is 66.6 Å². The highest BCUT2D eigenvalue weighted by Gasteiger charge is 2.18. The summed E-state index contributed by atoms with van der Waals surface area (Å²) in [7, 11) is -3.43. The first-order chi connectivity index (χ1) is 15.2. The lowest BCUT2D eigenvalue weighted by Crippen LogP contribution is -2.14. The van der Waals surface area contributed by atoms with E-state index in [1.54, 1.807) is 36.5 Å². The number of rotatable bonds is 5. The van der Waals surface area contributed by atoms with Gasteiger partial charge in [0.1, 0.15) is 0 Å². The number of aromatic amines is 1. The number of aromatic nitrogens is 1. The van der Waals surface area contributed by atoms with Crippen molar-refractivity contribution in [1.29, 1.82) is 0 Å². The van der Waals surface area contributed by atoms with Crippen LogP contribution in [0.4, 0.5) is 5.69 Å². The SMILES string of the molecule is Cc1cccc(-c2cc(S(C)(=O)=O)ccc2C(=O)Nc2ccc(Cl)c(-c3ccc[nH]3)c2)c1. The number of halogens is 1. The van der Waals surface area contributed by atoms with Gasteiger partial charge in [-0.3, -0.25) is 4.79 Å². The predicted octanol–water partition coefficient (Wildman–Crippen LogP) is 5.97. The van der Waals surface area contributed by atoms with Crippen molar-refractivity contribution in [3.63, 3.8) is 0 Å². The number of sulfone groups is 1. The van der Waals surface area contributed by atoms with E-state index in [1.165, 1.54) is 6.07 Å². The molecule has 1 heterocycles. The minimum absolute atomic E-state index is 0.158. The molecule has 0 atom stereocenters. The number of H-pyrrole nitrogens is 1. The van der Waals surface area contributed by atoms with Crippen molar-refractivity contribution in [2.45, 2.75) is 11.8 Å². The van der Waals surface area contributed by atoms with Crippen molar-refractivity contribution < 1.29 is 13.2 Å². The van der Waals surface area contributed by atoms with Crippen molar-refractivity contribution in [2.75, 3.05) is 11.6 Å². The minimum Gasteiger partial charge on any atom is -0.361 e. The van der Waals surface area contributed by atoms with E-state index in [-0.39, 0.29) is 10.8 Å². The summed E-state index contributed by atoms with van der Waals surface area (Å²) >= 11 is 6.33. The Kier molecular flexibility index (Phi) is 5.91. The molecule has 3 aromatic carbocycles. The van der Waals surface area contributed by atoms with Crippen LogP contribution >= 0.6 is 11.6 Å². The number of aryl methyl sites for hydroxylation is 1. The second kappa shape index (κ2) is 8.65. The Morgan fingerprint density at radius 1 is 0.938 bits per heavy atom. The van der Waals surface area contributed by atoms with Crippen molar-refractivity contribution in [3.8, 4) is 22.4 Å². The number of benzene rings is 3. The highest BCUT2D eigenvalue weighted by atomic mass is 35.5. The van der Waals surface area contributed by atoms with Crippen LogP contribution in [0.15, 0.2) is 83.9 Å². The molecule has 4 aromatic rings. The predicted molar refractivity (Wildman–Crippen MR) is 129 cm³/mol. The fraction of sp³-hybridized carbons (Fsp3) is 0.0800. The number of hydrogen-bond donors (Lipinski definition) is 2. The zero-order chi connectivity index (χ0) is 22.9. The first kappa shape index (κ1) is 21.9. The minimum atomic E-state index is -3.43. The van der Waals surface area contributed by atoms with Crippen molar-refractivity contribution in [2.24, 2.45) is 0 Å². The first-order valence-electron chi connectivity index (χ1n) is 9.88. The number of amides is 1. The van der Waals surface area contributed by atoms with Gasteiger partial charge < -0.3 is 10.3 Å². The molecule has 7 heteroatoms. The monoisotopic (exact) mass is 464 g/mol. The molecular formula is C25H21ClN2O3S. The normalized spacial score (nSPS) is 11.3. The summed E-state index contributed by atoms with van der Waals surface area (Å²) in [6, 6.07) is 21.2. The molecule has 0 bridgehead atoms. The molecule has 1 aromatic heterocycles. The Balaban J connectivity index is 1.75. The lowest BCUT2D eigenvalue weighted by Gasteiger charge is -2.14. The summed E-state index contributed by atoms with van der Waals surface area (Å²) in [6.45, 7) is 1.94. The molecule has 2 N–H and O–H groups in total. The molecule has 0 aliphatic rings. The molecule has 0 aliphatic heterocycles. The van der Waals surface area contributed by atoms with Gasteiger partial charge in [0.05, 0.1) is 9.92 Å². The van der Waals surface area contributed by atoms with Crippen LogP contribution in [-0.4, -0.2) is 25.6 Å². The standard InChI is InChI=1S/C25H21ClN2O3S/c1-16-5-3-6-17(13-16)21-15-19(32(2,30)31)9-10-20(21)25(29)28-18-8-11-23(26)22(14-18)24-7-4-12-27-24/h3-15,27H,1-2H3,(H,28,29). The van der Waals surface area contributed by atoms with Crippen LogP contribution in [0.2, 0.25) is 5.02 Å². The Labute approximate surface area is 192 Å². The molecule has 0 fully saturated rings.